The lowest BCUT2D eigenvalue weighted by Crippen LogP contribution is -2.10. The van der Waals surface area contributed by atoms with E-state index in [0.717, 1.165) is 27.5 Å². The second-order valence-corrected chi connectivity index (χ2v) is 6.80. The number of aryl methyl sites for hydroxylation is 2. The lowest BCUT2D eigenvalue weighted by Gasteiger charge is -2.20. The predicted molar refractivity (Wildman–Crippen MR) is 89.4 cm³/mol. The van der Waals surface area contributed by atoms with E-state index >= 15 is 0 Å². The Kier molecular flexibility index (Phi) is 4.10. The van der Waals surface area contributed by atoms with Gasteiger partial charge in [-0.2, -0.15) is 0 Å². The van der Waals surface area contributed by atoms with Gasteiger partial charge in [-0.15, -0.1) is 0 Å². The summed E-state index contributed by atoms with van der Waals surface area (Å²) in [7, 11) is 0. The molecule has 0 aliphatic carbocycles. The fourth-order valence-corrected chi connectivity index (χ4v) is 2.63. The van der Waals surface area contributed by atoms with Crippen molar-refractivity contribution in [3.05, 3.63) is 58.1 Å². The lowest BCUT2D eigenvalue weighted by atomic mass is 9.87. The van der Waals surface area contributed by atoms with Crippen molar-refractivity contribution in [2.24, 2.45) is 0 Å². The minimum Gasteiger partial charge on any atom is -0.355 e. The number of anilines is 2. The second-order valence-electron chi connectivity index (χ2n) is 6.37. The molecule has 0 unspecified atom stereocenters. The smallest absolute Gasteiger partial charge is 0.0444 e. The Morgan fingerprint density at radius 3 is 1.85 bits per heavy atom. The van der Waals surface area contributed by atoms with Crippen molar-refractivity contribution in [1.82, 2.24) is 0 Å². The lowest BCUT2D eigenvalue weighted by molar-refractivity contribution is 0.590. The maximum absolute atomic E-state index is 6.07. The van der Waals surface area contributed by atoms with E-state index in [9.17, 15) is 0 Å². The first-order valence-corrected chi connectivity index (χ1v) is 7.29. The topological polar surface area (TPSA) is 12.0 Å². The third kappa shape index (κ3) is 3.34. The van der Waals surface area contributed by atoms with Crippen molar-refractivity contribution in [3.8, 4) is 0 Å². The minimum absolute atomic E-state index is 0.185. The Bertz CT molecular complexity index is 583. The Balaban J connectivity index is 2.27. The molecule has 0 spiro atoms. The molecule has 2 rings (SSSR count). The summed E-state index contributed by atoms with van der Waals surface area (Å²) in [6.07, 6.45) is 0. The summed E-state index contributed by atoms with van der Waals surface area (Å²) in [5.41, 5.74) is 6.09. The predicted octanol–water partition coefficient (Wildman–Crippen LogP) is 6.00. The van der Waals surface area contributed by atoms with Crippen LogP contribution in [0.3, 0.4) is 0 Å². The van der Waals surface area contributed by atoms with Crippen LogP contribution in [-0.4, -0.2) is 0 Å². The summed E-state index contributed by atoms with van der Waals surface area (Å²) < 4.78 is 0. The van der Waals surface area contributed by atoms with Crippen LogP contribution in [0.1, 0.15) is 37.5 Å². The molecule has 0 amide bonds. The Morgan fingerprint density at radius 2 is 1.40 bits per heavy atom. The highest BCUT2D eigenvalue weighted by atomic mass is 35.5. The summed E-state index contributed by atoms with van der Waals surface area (Å²) in [5.74, 6) is 0. The van der Waals surface area contributed by atoms with Crippen LogP contribution in [0.2, 0.25) is 5.02 Å². The van der Waals surface area contributed by atoms with E-state index < -0.39 is 0 Å². The maximum Gasteiger partial charge on any atom is 0.0444 e. The van der Waals surface area contributed by atoms with Gasteiger partial charge in [-0.3, -0.25) is 0 Å². The van der Waals surface area contributed by atoms with E-state index in [2.05, 4.69) is 64.2 Å². The van der Waals surface area contributed by atoms with Gasteiger partial charge in [0.25, 0.3) is 0 Å². The van der Waals surface area contributed by atoms with E-state index in [4.69, 9.17) is 11.6 Å². The molecular formula is C18H22ClN. The highest BCUT2D eigenvalue weighted by Crippen LogP contribution is 2.29. The zero-order valence-electron chi connectivity index (χ0n) is 12.8. The van der Waals surface area contributed by atoms with Gasteiger partial charge in [0.15, 0.2) is 0 Å². The molecule has 0 aliphatic rings. The normalized spacial score (nSPS) is 11.5. The molecule has 106 valence electrons. The average molecular weight is 288 g/mol. The third-order valence-electron chi connectivity index (χ3n) is 3.52. The maximum atomic E-state index is 6.07. The highest BCUT2D eigenvalue weighted by molar-refractivity contribution is 6.30. The summed E-state index contributed by atoms with van der Waals surface area (Å²) in [4.78, 5) is 0. The van der Waals surface area contributed by atoms with Crippen LogP contribution in [0.15, 0.2) is 36.4 Å². The van der Waals surface area contributed by atoms with Gasteiger partial charge in [-0.25, -0.2) is 0 Å². The van der Waals surface area contributed by atoms with Gasteiger partial charge in [0.05, 0.1) is 0 Å². The van der Waals surface area contributed by atoms with Crippen LogP contribution < -0.4 is 5.32 Å². The number of rotatable bonds is 2. The van der Waals surface area contributed by atoms with Gasteiger partial charge in [0.1, 0.15) is 0 Å². The number of hydrogen-bond donors (Lipinski definition) is 1. The van der Waals surface area contributed by atoms with E-state index in [-0.39, 0.29) is 5.41 Å². The zero-order chi connectivity index (χ0) is 14.9. The fourth-order valence-electron chi connectivity index (χ4n) is 2.31. The molecule has 0 bridgehead atoms. The van der Waals surface area contributed by atoms with Crippen LogP contribution in [0, 0.1) is 13.8 Å². The molecule has 20 heavy (non-hydrogen) atoms. The Morgan fingerprint density at radius 1 is 0.900 bits per heavy atom. The van der Waals surface area contributed by atoms with Gasteiger partial charge in [-0.05, 0) is 60.2 Å². The van der Waals surface area contributed by atoms with E-state index in [1.165, 1.54) is 5.56 Å². The average Bonchev–Trinajstić information content (AvgIpc) is 2.33. The standard InChI is InChI=1S/C18H22ClN/c1-12-10-15(19)11-13(2)17(12)20-16-8-6-14(7-9-16)18(3,4)5/h6-11,20H,1-5H3. The second kappa shape index (κ2) is 5.49. The van der Waals surface area contributed by atoms with Crippen LogP contribution in [0.5, 0.6) is 0 Å². The summed E-state index contributed by atoms with van der Waals surface area (Å²) in [6.45, 7) is 10.8. The minimum atomic E-state index is 0.185. The number of hydrogen-bond acceptors (Lipinski definition) is 1. The van der Waals surface area contributed by atoms with Crippen molar-refractivity contribution in [2.75, 3.05) is 5.32 Å². The zero-order valence-corrected chi connectivity index (χ0v) is 13.6. The molecule has 0 aliphatic heterocycles. The van der Waals surface area contributed by atoms with Crippen LogP contribution in [0.25, 0.3) is 0 Å². The first-order chi connectivity index (χ1) is 9.27. The quantitative estimate of drug-likeness (QED) is 0.714. The molecule has 2 heteroatoms. The molecular weight excluding hydrogens is 266 g/mol. The van der Waals surface area contributed by atoms with Crippen LogP contribution in [0.4, 0.5) is 11.4 Å². The van der Waals surface area contributed by atoms with Gasteiger partial charge in [0.2, 0.25) is 0 Å². The summed E-state index contributed by atoms with van der Waals surface area (Å²) >= 11 is 6.07. The molecule has 0 fully saturated rings. The van der Waals surface area contributed by atoms with E-state index in [1.807, 2.05) is 12.1 Å². The first kappa shape index (κ1) is 14.9. The molecule has 0 heterocycles. The molecule has 0 saturated heterocycles. The first-order valence-electron chi connectivity index (χ1n) is 6.92. The molecule has 2 aromatic rings. The number of benzene rings is 2. The van der Waals surface area contributed by atoms with Crippen molar-refractivity contribution in [3.63, 3.8) is 0 Å². The van der Waals surface area contributed by atoms with Crippen molar-refractivity contribution in [2.45, 2.75) is 40.0 Å². The van der Waals surface area contributed by atoms with Crippen molar-refractivity contribution in [1.29, 1.82) is 0 Å². The number of nitrogens with one attached hydrogen (secondary N) is 1. The largest absolute Gasteiger partial charge is 0.355 e. The monoisotopic (exact) mass is 287 g/mol. The molecule has 1 nitrogen and oxygen atoms in total. The van der Waals surface area contributed by atoms with Crippen molar-refractivity contribution >= 4 is 23.0 Å². The van der Waals surface area contributed by atoms with E-state index in [1.54, 1.807) is 0 Å². The Hall–Kier alpha value is -1.47. The van der Waals surface area contributed by atoms with Gasteiger partial charge in [-0.1, -0.05) is 44.5 Å². The molecule has 2 aromatic carbocycles. The summed E-state index contributed by atoms with van der Waals surface area (Å²) in [5, 5.41) is 4.27. The van der Waals surface area contributed by atoms with E-state index in [0.29, 0.717) is 0 Å². The van der Waals surface area contributed by atoms with Crippen molar-refractivity contribution < 1.29 is 0 Å². The molecule has 0 atom stereocenters. The SMILES string of the molecule is Cc1cc(Cl)cc(C)c1Nc1ccc(C(C)(C)C)cc1. The van der Waals surface area contributed by atoms with Crippen LogP contribution >= 0.6 is 11.6 Å². The van der Waals surface area contributed by atoms with Gasteiger partial charge >= 0.3 is 0 Å². The molecule has 0 saturated carbocycles. The van der Waals surface area contributed by atoms with Gasteiger partial charge < -0.3 is 5.32 Å². The molecule has 0 radical (unpaired) electrons. The van der Waals surface area contributed by atoms with Gasteiger partial charge in [0, 0.05) is 16.4 Å². The summed E-state index contributed by atoms with van der Waals surface area (Å²) in [6, 6.07) is 12.6. The molecule has 1 N–H and O–H groups in total. The van der Waals surface area contributed by atoms with Crippen LogP contribution in [-0.2, 0) is 5.41 Å². The highest BCUT2D eigenvalue weighted by Gasteiger charge is 2.13. The molecule has 0 aromatic heterocycles. The fraction of sp³-hybridized carbons (Fsp3) is 0.333. The Labute approximate surface area is 127 Å². The number of halogens is 1. The third-order valence-corrected chi connectivity index (χ3v) is 3.74.